The molecule has 4 nitrogen and oxygen atoms in total. The molecule has 0 radical (unpaired) electrons. The Balaban J connectivity index is 0.000000921. The summed E-state index contributed by atoms with van der Waals surface area (Å²) < 4.78 is 0. The third-order valence-electron chi connectivity index (χ3n) is 2.34. The summed E-state index contributed by atoms with van der Waals surface area (Å²) in [5.74, 6) is 0.0144. The Morgan fingerprint density at radius 1 is 1.47 bits per heavy atom. The summed E-state index contributed by atoms with van der Waals surface area (Å²) in [5, 5.41) is 2.71. The van der Waals surface area contributed by atoms with Gasteiger partial charge in [-0.1, -0.05) is 20.8 Å². The molecule has 1 fully saturated rings. The van der Waals surface area contributed by atoms with Gasteiger partial charge in [0.05, 0.1) is 0 Å². The molecule has 1 aliphatic heterocycles. The number of nitrogens with zero attached hydrogens (tertiary/aromatic N) is 1. The van der Waals surface area contributed by atoms with Crippen LogP contribution in [0.3, 0.4) is 0 Å². The van der Waals surface area contributed by atoms with Gasteiger partial charge in [0, 0.05) is 19.5 Å². The largest absolute Gasteiger partial charge is 0.344 e. The number of likely N-dealkylation sites (tertiary alicyclic amines) is 1. The first-order chi connectivity index (χ1) is 7.19. The van der Waals surface area contributed by atoms with Crippen molar-refractivity contribution in [2.24, 2.45) is 0 Å². The van der Waals surface area contributed by atoms with Crippen LogP contribution < -0.4 is 5.32 Å². The van der Waals surface area contributed by atoms with Gasteiger partial charge in [-0.25, -0.2) is 0 Å². The maximum Gasteiger partial charge on any atom is 0.245 e. The van der Waals surface area contributed by atoms with Gasteiger partial charge in [0.25, 0.3) is 0 Å². The van der Waals surface area contributed by atoms with E-state index in [1.165, 1.54) is 0 Å². The van der Waals surface area contributed by atoms with E-state index in [4.69, 9.17) is 0 Å². The Kier molecular flexibility index (Phi) is 6.75. The molecular formula is C11H22N2O2. The molecule has 1 unspecified atom stereocenters. The van der Waals surface area contributed by atoms with Crippen molar-refractivity contribution in [2.75, 3.05) is 13.1 Å². The maximum atomic E-state index is 11.5. The number of hydrogen-bond acceptors (Lipinski definition) is 2. The van der Waals surface area contributed by atoms with Crippen molar-refractivity contribution in [2.45, 2.75) is 46.6 Å². The minimum absolute atomic E-state index is 0.0451. The topological polar surface area (TPSA) is 49.4 Å². The molecule has 1 N–H and O–H groups in total. The van der Waals surface area contributed by atoms with E-state index in [-0.39, 0.29) is 17.9 Å². The molecule has 1 rings (SSSR count). The number of carbonyl (C=O) groups excluding carboxylic acids is 2. The second-order valence-corrected chi connectivity index (χ2v) is 3.18. The van der Waals surface area contributed by atoms with Crippen molar-refractivity contribution in [1.29, 1.82) is 0 Å². The van der Waals surface area contributed by atoms with Gasteiger partial charge in [0.15, 0.2) is 0 Å². The Labute approximate surface area is 92.0 Å². The van der Waals surface area contributed by atoms with Crippen molar-refractivity contribution >= 4 is 11.8 Å². The predicted octanol–water partition coefficient (Wildman–Crippen LogP) is 1.16. The van der Waals surface area contributed by atoms with E-state index in [1.807, 2.05) is 20.8 Å². The van der Waals surface area contributed by atoms with Gasteiger partial charge in [-0.15, -0.1) is 0 Å². The lowest BCUT2D eigenvalue weighted by molar-refractivity contribution is -0.132. The lowest BCUT2D eigenvalue weighted by Gasteiger charge is -2.14. The summed E-state index contributed by atoms with van der Waals surface area (Å²) in [7, 11) is 0. The molecular weight excluding hydrogens is 192 g/mol. The Morgan fingerprint density at radius 2 is 2.07 bits per heavy atom. The second-order valence-electron chi connectivity index (χ2n) is 3.18. The van der Waals surface area contributed by atoms with E-state index < -0.39 is 0 Å². The molecule has 0 saturated carbocycles. The standard InChI is InChI=1S/C9H16N2O2.C2H6/c1-3-8(12)10-7-5-6-11(4-2)9(7)13;1-2/h7H,3-6H2,1-2H3,(H,10,12);1-2H3. The van der Waals surface area contributed by atoms with Crippen molar-refractivity contribution in [3.8, 4) is 0 Å². The molecule has 0 bridgehead atoms. The molecule has 1 aliphatic rings. The summed E-state index contributed by atoms with van der Waals surface area (Å²) in [6.45, 7) is 9.23. The number of rotatable bonds is 3. The van der Waals surface area contributed by atoms with Gasteiger partial charge >= 0.3 is 0 Å². The summed E-state index contributed by atoms with van der Waals surface area (Å²) in [5.41, 5.74) is 0. The monoisotopic (exact) mass is 214 g/mol. The van der Waals surface area contributed by atoms with Crippen LogP contribution in [-0.2, 0) is 9.59 Å². The van der Waals surface area contributed by atoms with Gasteiger partial charge < -0.3 is 10.2 Å². The molecule has 2 amide bonds. The van der Waals surface area contributed by atoms with Gasteiger partial charge in [0.1, 0.15) is 6.04 Å². The van der Waals surface area contributed by atoms with E-state index in [0.29, 0.717) is 6.42 Å². The van der Waals surface area contributed by atoms with Gasteiger partial charge in [-0.2, -0.15) is 0 Å². The molecule has 88 valence electrons. The van der Waals surface area contributed by atoms with Crippen molar-refractivity contribution < 1.29 is 9.59 Å². The average molecular weight is 214 g/mol. The third-order valence-corrected chi connectivity index (χ3v) is 2.34. The van der Waals surface area contributed by atoms with Crippen molar-refractivity contribution in [3.63, 3.8) is 0 Å². The van der Waals surface area contributed by atoms with E-state index in [9.17, 15) is 9.59 Å². The zero-order chi connectivity index (χ0) is 11.8. The van der Waals surface area contributed by atoms with E-state index in [2.05, 4.69) is 5.32 Å². The van der Waals surface area contributed by atoms with Crippen LogP contribution in [0.5, 0.6) is 0 Å². The van der Waals surface area contributed by atoms with Crippen LogP contribution in [-0.4, -0.2) is 35.8 Å². The van der Waals surface area contributed by atoms with Gasteiger partial charge in [-0.05, 0) is 13.3 Å². The van der Waals surface area contributed by atoms with E-state index in [0.717, 1.165) is 19.5 Å². The molecule has 1 heterocycles. The number of nitrogens with one attached hydrogen (secondary N) is 1. The Bertz CT molecular complexity index is 217. The molecule has 0 aromatic heterocycles. The number of likely N-dealkylation sites (N-methyl/N-ethyl adjacent to an activating group) is 1. The van der Waals surface area contributed by atoms with Crippen LogP contribution in [0.25, 0.3) is 0 Å². The van der Waals surface area contributed by atoms with Crippen LogP contribution >= 0.6 is 0 Å². The first-order valence-electron chi connectivity index (χ1n) is 5.77. The number of amides is 2. The lowest BCUT2D eigenvalue weighted by atomic mass is 10.2. The quantitative estimate of drug-likeness (QED) is 0.766. The van der Waals surface area contributed by atoms with Gasteiger partial charge in [0.2, 0.25) is 11.8 Å². The summed E-state index contributed by atoms with van der Waals surface area (Å²) in [6.07, 6.45) is 1.19. The van der Waals surface area contributed by atoms with Crippen LogP contribution in [0.15, 0.2) is 0 Å². The van der Waals surface area contributed by atoms with Crippen molar-refractivity contribution in [1.82, 2.24) is 10.2 Å². The highest BCUT2D eigenvalue weighted by Gasteiger charge is 2.30. The fourth-order valence-electron chi connectivity index (χ4n) is 1.48. The summed E-state index contributed by atoms with van der Waals surface area (Å²) in [4.78, 5) is 24.3. The van der Waals surface area contributed by atoms with Crippen LogP contribution in [0.2, 0.25) is 0 Å². The Morgan fingerprint density at radius 3 is 2.47 bits per heavy atom. The fourth-order valence-corrected chi connectivity index (χ4v) is 1.48. The minimum Gasteiger partial charge on any atom is -0.344 e. The highest BCUT2D eigenvalue weighted by atomic mass is 16.2. The van der Waals surface area contributed by atoms with Crippen LogP contribution in [0.1, 0.15) is 40.5 Å². The third kappa shape index (κ3) is 3.90. The number of carbonyl (C=O) groups is 2. The normalized spacial score (nSPS) is 19.6. The summed E-state index contributed by atoms with van der Waals surface area (Å²) >= 11 is 0. The molecule has 1 saturated heterocycles. The number of hydrogen-bond donors (Lipinski definition) is 1. The zero-order valence-electron chi connectivity index (χ0n) is 10.2. The smallest absolute Gasteiger partial charge is 0.245 e. The molecule has 1 atom stereocenters. The summed E-state index contributed by atoms with van der Waals surface area (Å²) in [6, 6.07) is -0.271. The molecule has 15 heavy (non-hydrogen) atoms. The van der Waals surface area contributed by atoms with Gasteiger partial charge in [-0.3, -0.25) is 9.59 Å². The molecule has 0 aromatic carbocycles. The first kappa shape index (κ1) is 13.9. The molecule has 0 aliphatic carbocycles. The molecule has 0 spiro atoms. The van der Waals surface area contributed by atoms with Crippen molar-refractivity contribution in [3.05, 3.63) is 0 Å². The molecule has 4 heteroatoms. The maximum absolute atomic E-state index is 11.5. The average Bonchev–Trinajstić information content (AvgIpc) is 2.63. The Hall–Kier alpha value is -1.06. The predicted molar refractivity (Wildman–Crippen MR) is 60.4 cm³/mol. The zero-order valence-corrected chi connectivity index (χ0v) is 10.2. The molecule has 0 aromatic rings. The van der Waals surface area contributed by atoms with Crippen LogP contribution in [0.4, 0.5) is 0 Å². The fraction of sp³-hybridized carbons (Fsp3) is 0.818. The van der Waals surface area contributed by atoms with E-state index in [1.54, 1.807) is 11.8 Å². The van der Waals surface area contributed by atoms with Crippen LogP contribution in [0, 0.1) is 0 Å². The highest BCUT2D eigenvalue weighted by Crippen LogP contribution is 2.10. The second kappa shape index (κ2) is 7.26. The SMILES string of the molecule is CC.CCC(=O)NC1CCN(CC)C1=O. The first-order valence-corrected chi connectivity index (χ1v) is 5.77. The lowest BCUT2D eigenvalue weighted by Crippen LogP contribution is -2.41. The minimum atomic E-state index is -0.271. The highest BCUT2D eigenvalue weighted by molar-refractivity contribution is 5.89. The van der Waals surface area contributed by atoms with E-state index >= 15 is 0 Å².